The summed E-state index contributed by atoms with van der Waals surface area (Å²) in [5, 5.41) is 0.847. The van der Waals surface area contributed by atoms with Gasteiger partial charge in [0.05, 0.1) is 20.6 Å². The molecule has 0 aromatic heterocycles. The summed E-state index contributed by atoms with van der Waals surface area (Å²) < 4.78 is 25.1. The molecule has 0 saturated heterocycles. The van der Waals surface area contributed by atoms with Crippen molar-refractivity contribution in [3.63, 3.8) is 0 Å². The molecule has 0 bridgehead atoms. The molecule has 0 aliphatic heterocycles. The highest BCUT2D eigenvalue weighted by Gasteiger charge is 2.17. The Bertz CT molecular complexity index is 877. The van der Waals surface area contributed by atoms with E-state index < -0.39 is 15.9 Å². The normalized spacial score (nSPS) is 11.4. The van der Waals surface area contributed by atoms with Gasteiger partial charge in [0.15, 0.2) is 0 Å². The lowest BCUT2D eigenvalue weighted by molar-refractivity contribution is 0.0962. The quantitative estimate of drug-likeness (QED) is 0.721. The zero-order valence-electron chi connectivity index (χ0n) is 13.2. The van der Waals surface area contributed by atoms with Gasteiger partial charge in [0.25, 0.3) is 5.91 Å². The number of sulfonamides is 1. The molecule has 0 fully saturated rings. The van der Waals surface area contributed by atoms with Crippen LogP contribution in [-0.4, -0.2) is 32.7 Å². The van der Waals surface area contributed by atoms with Crippen LogP contribution in [0.15, 0.2) is 41.3 Å². The third-order valence-corrected chi connectivity index (χ3v) is 5.85. The van der Waals surface area contributed by atoms with Gasteiger partial charge >= 0.3 is 0 Å². The van der Waals surface area contributed by atoms with Crippen LogP contribution in [0.1, 0.15) is 10.4 Å². The number of amides is 1. The molecule has 0 aliphatic carbocycles. The summed E-state index contributed by atoms with van der Waals surface area (Å²) in [4.78, 5) is 12.2. The Labute approximate surface area is 160 Å². The maximum atomic E-state index is 12.2. The first kappa shape index (κ1) is 19.8. The molecule has 0 aliphatic rings. The first-order valence-electron chi connectivity index (χ1n) is 6.86. The van der Waals surface area contributed by atoms with Crippen LogP contribution in [0.4, 0.5) is 5.69 Å². The molecule has 25 heavy (non-hydrogen) atoms. The molecule has 0 saturated carbocycles. The Kier molecular flexibility index (Phi) is 6.18. The highest BCUT2D eigenvalue weighted by molar-refractivity contribution is 7.89. The number of halogens is 3. The number of benzene rings is 2. The van der Waals surface area contributed by atoms with Crippen molar-refractivity contribution in [3.05, 3.63) is 57.0 Å². The third-order valence-electron chi connectivity index (χ3n) is 3.20. The molecule has 0 unspecified atom stereocenters. The van der Waals surface area contributed by atoms with Crippen LogP contribution in [-0.2, 0) is 10.0 Å². The van der Waals surface area contributed by atoms with Crippen LogP contribution in [0, 0.1) is 0 Å². The number of nitrogens with zero attached hydrogens (tertiary/aromatic N) is 1. The average Bonchev–Trinajstić information content (AvgIpc) is 2.53. The van der Waals surface area contributed by atoms with Gasteiger partial charge in [-0.3, -0.25) is 15.6 Å². The molecule has 0 spiro atoms. The number of carbonyl (C=O) groups excluding carboxylic acids is 1. The topological polar surface area (TPSA) is 78.5 Å². The van der Waals surface area contributed by atoms with Crippen molar-refractivity contribution in [1.29, 1.82) is 0 Å². The van der Waals surface area contributed by atoms with Crippen molar-refractivity contribution in [3.8, 4) is 0 Å². The summed E-state index contributed by atoms with van der Waals surface area (Å²) in [6.07, 6.45) is 0. The zero-order valence-corrected chi connectivity index (χ0v) is 16.3. The number of carbonyl (C=O) groups is 1. The minimum absolute atomic E-state index is 0.0887. The summed E-state index contributed by atoms with van der Waals surface area (Å²) in [5.41, 5.74) is 5.61. The Morgan fingerprint density at radius 3 is 2.00 bits per heavy atom. The first-order valence-corrected chi connectivity index (χ1v) is 9.44. The van der Waals surface area contributed by atoms with Gasteiger partial charge in [0, 0.05) is 24.7 Å². The van der Waals surface area contributed by atoms with Crippen molar-refractivity contribution < 1.29 is 13.2 Å². The summed E-state index contributed by atoms with van der Waals surface area (Å²) in [7, 11) is -0.691. The van der Waals surface area contributed by atoms with Crippen molar-refractivity contribution in [1.82, 2.24) is 9.73 Å². The molecule has 10 heteroatoms. The molecule has 2 rings (SSSR count). The van der Waals surface area contributed by atoms with Crippen LogP contribution >= 0.6 is 34.8 Å². The molecule has 2 aromatic carbocycles. The van der Waals surface area contributed by atoms with E-state index in [0.29, 0.717) is 10.7 Å². The maximum absolute atomic E-state index is 12.2. The minimum atomic E-state index is -3.55. The number of hydrazine groups is 1. The van der Waals surface area contributed by atoms with Gasteiger partial charge in [-0.2, -0.15) is 0 Å². The molecular weight excluding hydrogens is 409 g/mol. The van der Waals surface area contributed by atoms with Gasteiger partial charge in [-0.05, 0) is 36.4 Å². The van der Waals surface area contributed by atoms with E-state index in [2.05, 4.69) is 10.9 Å². The fourth-order valence-electron chi connectivity index (χ4n) is 1.84. The summed E-state index contributed by atoms with van der Waals surface area (Å²) >= 11 is 17.8. The van der Waals surface area contributed by atoms with E-state index >= 15 is 0 Å². The maximum Gasteiger partial charge on any atom is 0.269 e. The van der Waals surface area contributed by atoms with E-state index in [1.165, 1.54) is 50.5 Å². The largest absolute Gasteiger partial charge is 0.295 e. The Morgan fingerprint density at radius 1 is 1.00 bits per heavy atom. The second-order valence-electron chi connectivity index (χ2n) is 5.14. The number of hydrogen-bond donors (Lipinski definition) is 2. The molecule has 1 amide bonds. The first-order chi connectivity index (χ1) is 11.6. The monoisotopic (exact) mass is 421 g/mol. The van der Waals surface area contributed by atoms with Crippen LogP contribution in [0.3, 0.4) is 0 Å². The molecule has 2 aromatic rings. The van der Waals surface area contributed by atoms with Gasteiger partial charge < -0.3 is 0 Å². The van der Waals surface area contributed by atoms with Crippen molar-refractivity contribution >= 4 is 56.4 Å². The minimum Gasteiger partial charge on any atom is -0.295 e. The van der Waals surface area contributed by atoms with Crippen LogP contribution in [0.2, 0.25) is 15.1 Å². The van der Waals surface area contributed by atoms with E-state index in [4.69, 9.17) is 34.8 Å². The average molecular weight is 423 g/mol. The van der Waals surface area contributed by atoms with Crippen LogP contribution < -0.4 is 10.9 Å². The molecule has 6 nitrogen and oxygen atoms in total. The van der Waals surface area contributed by atoms with Gasteiger partial charge in [-0.15, -0.1) is 0 Å². The van der Waals surface area contributed by atoms with Gasteiger partial charge in [0.1, 0.15) is 0 Å². The second kappa shape index (κ2) is 7.80. The van der Waals surface area contributed by atoms with Crippen molar-refractivity contribution in [2.24, 2.45) is 0 Å². The lowest BCUT2D eigenvalue weighted by Crippen LogP contribution is -2.29. The summed E-state index contributed by atoms with van der Waals surface area (Å²) in [6, 6.07) is 8.46. The highest BCUT2D eigenvalue weighted by atomic mass is 35.5. The molecular formula is C15H14Cl3N3O3S. The molecule has 2 N–H and O–H groups in total. The van der Waals surface area contributed by atoms with E-state index in [0.717, 1.165) is 4.31 Å². The predicted octanol–water partition coefficient (Wildman–Crippen LogP) is 3.65. The fourth-order valence-corrected chi connectivity index (χ4v) is 3.66. The van der Waals surface area contributed by atoms with E-state index in [-0.39, 0.29) is 20.5 Å². The second-order valence-corrected chi connectivity index (χ2v) is 8.54. The summed E-state index contributed by atoms with van der Waals surface area (Å²) in [6.45, 7) is 0. The lowest BCUT2D eigenvalue weighted by Gasteiger charge is -2.13. The predicted molar refractivity (Wildman–Crippen MR) is 99.9 cm³/mol. The third kappa shape index (κ3) is 4.56. The van der Waals surface area contributed by atoms with E-state index in [1.807, 2.05) is 0 Å². The van der Waals surface area contributed by atoms with Crippen molar-refractivity contribution in [2.75, 3.05) is 19.5 Å². The van der Waals surface area contributed by atoms with Gasteiger partial charge in [-0.25, -0.2) is 12.7 Å². The zero-order chi connectivity index (χ0) is 18.8. The Morgan fingerprint density at radius 2 is 1.52 bits per heavy atom. The van der Waals surface area contributed by atoms with E-state index in [9.17, 15) is 13.2 Å². The number of hydrogen-bond acceptors (Lipinski definition) is 4. The smallest absolute Gasteiger partial charge is 0.269 e. The number of anilines is 1. The van der Waals surface area contributed by atoms with Crippen LogP contribution in [0.25, 0.3) is 0 Å². The van der Waals surface area contributed by atoms with Crippen molar-refractivity contribution in [2.45, 2.75) is 4.90 Å². The van der Waals surface area contributed by atoms with E-state index in [1.54, 1.807) is 0 Å². The fraction of sp³-hybridized carbons (Fsp3) is 0.133. The molecule has 134 valence electrons. The molecule has 0 atom stereocenters. The van der Waals surface area contributed by atoms with Gasteiger partial charge in [0.2, 0.25) is 10.0 Å². The number of nitrogens with one attached hydrogen (secondary N) is 2. The van der Waals surface area contributed by atoms with Gasteiger partial charge in [-0.1, -0.05) is 34.8 Å². The summed E-state index contributed by atoms with van der Waals surface area (Å²) in [5.74, 6) is -0.490. The molecule has 0 radical (unpaired) electrons. The Hall–Kier alpha value is -1.51. The highest BCUT2D eigenvalue weighted by Crippen LogP contribution is 2.33. The number of rotatable bonds is 5. The standard InChI is InChI=1S/C15H14Cl3N3O3S/c1-21(2)25(23,24)11-5-3-9(4-6-11)15(22)20-19-14-12(17)7-10(16)8-13(14)18/h3-8,19H,1-2H3,(H,20,22). The molecule has 0 heterocycles. The van der Waals surface area contributed by atoms with Crippen LogP contribution in [0.5, 0.6) is 0 Å². The Balaban J connectivity index is 2.12. The lowest BCUT2D eigenvalue weighted by atomic mass is 10.2. The SMILES string of the molecule is CN(C)S(=O)(=O)c1ccc(C(=O)NNc2c(Cl)cc(Cl)cc2Cl)cc1.